The average Bonchev–Trinajstić information content (AvgIpc) is 2.96. The molecule has 6 heteroatoms. The minimum absolute atomic E-state index is 0.156. The molecule has 0 radical (unpaired) electrons. The summed E-state index contributed by atoms with van der Waals surface area (Å²) in [5.74, 6) is 2.49. The van der Waals surface area contributed by atoms with Gasteiger partial charge in [-0.2, -0.15) is 4.98 Å². The number of aromatic nitrogens is 2. The van der Waals surface area contributed by atoms with E-state index in [1.807, 2.05) is 12.1 Å². The molecule has 0 amide bonds. The van der Waals surface area contributed by atoms with Crippen LogP contribution in [0.1, 0.15) is 43.3 Å². The molecule has 112 valence electrons. The van der Waals surface area contributed by atoms with Gasteiger partial charge in [0.15, 0.2) is 5.82 Å². The van der Waals surface area contributed by atoms with Crippen molar-refractivity contribution in [3.05, 3.63) is 40.5 Å². The Labute approximate surface area is 136 Å². The van der Waals surface area contributed by atoms with E-state index in [0.717, 1.165) is 41.9 Å². The van der Waals surface area contributed by atoms with Crippen LogP contribution in [0.15, 0.2) is 38.2 Å². The van der Waals surface area contributed by atoms with Crippen molar-refractivity contribution < 1.29 is 9.63 Å². The zero-order valence-corrected chi connectivity index (χ0v) is 13.9. The highest BCUT2D eigenvalue weighted by Crippen LogP contribution is 2.32. The van der Waals surface area contributed by atoms with Crippen molar-refractivity contribution in [1.29, 1.82) is 0 Å². The van der Waals surface area contributed by atoms with E-state index in [1.54, 1.807) is 11.8 Å². The normalized spacial score (nSPS) is 22.4. The standard InChI is InChI=1S/C15H17BrN2O2S/c16-11-3-7-13(8-4-11)21-9-14-17-15(20-18-14)10-1-5-12(19)6-2-10/h3-4,7-8,10,12,19H,1-2,5-6,9H2. The molecule has 0 bridgehead atoms. The maximum absolute atomic E-state index is 9.54. The first-order valence-corrected chi connectivity index (χ1v) is 8.87. The Balaban J connectivity index is 1.56. The monoisotopic (exact) mass is 368 g/mol. The van der Waals surface area contributed by atoms with E-state index in [4.69, 9.17) is 4.52 Å². The van der Waals surface area contributed by atoms with Gasteiger partial charge in [0.25, 0.3) is 0 Å². The Morgan fingerprint density at radius 3 is 2.62 bits per heavy atom. The van der Waals surface area contributed by atoms with Gasteiger partial charge in [-0.3, -0.25) is 0 Å². The predicted octanol–water partition coefficient (Wildman–Crippen LogP) is 4.14. The van der Waals surface area contributed by atoms with Crippen LogP contribution in [0.4, 0.5) is 0 Å². The van der Waals surface area contributed by atoms with Gasteiger partial charge in [0.05, 0.1) is 11.9 Å². The van der Waals surface area contributed by atoms with Gasteiger partial charge >= 0.3 is 0 Å². The van der Waals surface area contributed by atoms with Gasteiger partial charge in [0.2, 0.25) is 5.89 Å². The van der Waals surface area contributed by atoms with Crippen LogP contribution < -0.4 is 0 Å². The van der Waals surface area contributed by atoms with Crippen LogP contribution in [0.3, 0.4) is 0 Å². The third kappa shape index (κ3) is 4.08. The fourth-order valence-electron chi connectivity index (χ4n) is 2.49. The van der Waals surface area contributed by atoms with Crippen molar-refractivity contribution in [3.63, 3.8) is 0 Å². The fourth-order valence-corrected chi connectivity index (χ4v) is 3.50. The lowest BCUT2D eigenvalue weighted by Gasteiger charge is -2.22. The maximum Gasteiger partial charge on any atom is 0.229 e. The second-order valence-corrected chi connectivity index (χ2v) is 7.26. The molecule has 0 atom stereocenters. The number of hydrogen-bond donors (Lipinski definition) is 1. The Morgan fingerprint density at radius 1 is 1.19 bits per heavy atom. The summed E-state index contributed by atoms with van der Waals surface area (Å²) in [5, 5.41) is 13.6. The van der Waals surface area contributed by atoms with E-state index in [0.29, 0.717) is 11.7 Å². The molecule has 1 N–H and O–H groups in total. The van der Waals surface area contributed by atoms with Crippen LogP contribution in [0.25, 0.3) is 0 Å². The van der Waals surface area contributed by atoms with Crippen molar-refractivity contribution in [2.24, 2.45) is 0 Å². The highest BCUT2D eigenvalue weighted by atomic mass is 79.9. The summed E-state index contributed by atoms with van der Waals surface area (Å²) in [6.45, 7) is 0. The first-order chi connectivity index (χ1) is 10.2. The number of aliphatic hydroxyl groups is 1. The molecule has 1 aliphatic rings. The molecular weight excluding hydrogens is 352 g/mol. The van der Waals surface area contributed by atoms with E-state index in [-0.39, 0.29) is 6.10 Å². The van der Waals surface area contributed by atoms with Gasteiger partial charge in [-0.15, -0.1) is 11.8 Å². The van der Waals surface area contributed by atoms with Gasteiger partial charge in [0, 0.05) is 15.3 Å². The molecule has 0 aliphatic heterocycles. The summed E-state index contributed by atoms with van der Waals surface area (Å²) in [7, 11) is 0. The van der Waals surface area contributed by atoms with Gasteiger partial charge in [-0.1, -0.05) is 21.1 Å². The molecule has 1 aromatic heterocycles. The first kappa shape index (κ1) is 15.1. The SMILES string of the molecule is OC1CCC(c2nc(CSc3ccc(Br)cc3)no2)CC1. The van der Waals surface area contributed by atoms with Crippen molar-refractivity contribution in [3.8, 4) is 0 Å². The lowest BCUT2D eigenvalue weighted by Crippen LogP contribution is -2.17. The van der Waals surface area contributed by atoms with Crippen molar-refractivity contribution in [2.75, 3.05) is 0 Å². The van der Waals surface area contributed by atoms with E-state index < -0.39 is 0 Å². The van der Waals surface area contributed by atoms with Crippen LogP contribution in [0.2, 0.25) is 0 Å². The molecule has 21 heavy (non-hydrogen) atoms. The first-order valence-electron chi connectivity index (χ1n) is 7.09. The van der Waals surface area contributed by atoms with Gasteiger partial charge in [0.1, 0.15) is 0 Å². The summed E-state index contributed by atoms with van der Waals surface area (Å²) in [5.41, 5.74) is 0. The Bertz CT molecular complexity index is 580. The lowest BCUT2D eigenvalue weighted by atomic mass is 9.87. The molecule has 1 aliphatic carbocycles. The summed E-state index contributed by atoms with van der Waals surface area (Å²) in [6.07, 6.45) is 3.37. The molecular formula is C15H17BrN2O2S. The number of benzene rings is 1. The number of halogens is 1. The molecule has 1 heterocycles. The number of rotatable bonds is 4. The molecule has 4 nitrogen and oxygen atoms in total. The Morgan fingerprint density at radius 2 is 1.90 bits per heavy atom. The maximum atomic E-state index is 9.54. The Kier molecular flexibility index (Phi) is 4.98. The molecule has 0 spiro atoms. The fraction of sp³-hybridized carbons (Fsp3) is 0.467. The van der Waals surface area contributed by atoms with E-state index in [1.165, 1.54) is 4.90 Å². The molecule has 1 fully saturated rings. The van der Waals surface area contributed by atoms with Crippen LogP contribution in [-0.4, -0.2) is 21.4 Å². The molecule has 1 aromatic carbocycles. The lowest BCUT2D eigenvalue weighted by molar-refractivity contribution is 0.116. The van der Waals surface area contributed by atoms with Crippen molar-refractivity contribution >= 4 is 27.7 Å². The van der Waals surface area contributed by atoms with Gasteiger partial charge < -0.3 is 9.63 Å². The largest absolute Gasteiger partial charge is 0.393 e. The third-order valence-electron chi connectivity index (χ3n) is 3.71. The van der Waals surface area contributed by atoms with Crippen LogP contribution >= 0.6 is 27.7 Å². The molecule has 0 unspecified atom stereocenters. The summed E-state index contributed by atoms with van der Waals surface area (Å²) in [6, 6.07) is 8.19. The summed E-state index contributed by atoms with van der Waals surface area (Å²) < 4.78 is 6.46. The van der Waals surface area contributed by atoms with Crippen molar-refractivity contribution in [1.82, 2.24) is 10.1 Å². The smallest absolute Gasteiger partial charge is 0.229 e. The Hall–Kier alpha value is -0.850. The zero-order valence-electron chi connectivity index (χ0n) is 11.5. The average molecular weight is 369 g/mol. The second-order valence-electron chi connectivity index (χ2n) is 5.30. The topological polar surface area (TPSA) is 59.2 Å². The minimum atomic E-state index is -0.156. The quantitative estimate of drug-likeness (QED) is 0.821. The van der Waals surface area contributed by atoms with Crippen LogP contribution in [0, 0.1) is 0 Å². The minimum Gasteiger partial charge on any atom is -0.393 e. The second kappa shape index (κ2) is 6.94. The van der Waals surface area contributed by atoms with Gasteiger partial charge in [-0.05, 0) is 49.9 Å². The third-order valence-corrected chi connectivity index (χ3v) is 5.25. The molecule has 3 rings (SSSR count). The number of thioether (sulfide) groups is 1. The zero-order chi connectivity index (χ0) is 14.7. The van der Waals surface area contributed by atoms with Crippen molar-refractivity contribution in [2.45, 2.75) is 48.4 Å². The predicted molar refractivity (Wildman–Crippen MR) is 85.2 cm³/mol. The van der Waals surface area contributed by atoms with Crippen LogP contribution in [0.5, 0.6) is 0 Å². The number of aliphatic hydroxyl groups excluding tert-OH is 1. The molecule has 0 saturated heterocycles. The molecule has 2 aromatic rings. The number of hydrogen-bond acceptors (Lipinski definition) is 5. The van der Waals surface area contributed by atoms with E-state index >= 15 is 0 Å². The summed E-state index contributed by atoms with van der Waals surface area (Å²) in [4.78, 5) is 5.69. The highest BCUT2D eigenvalue weighted by Gasteiger charge is 2.25. The van der Waals surface area contributed by atoms with Crippen LogP contribution in [-0.2, 0) is 5.75 Å². The summed E-state index contributed by atoms with van der Waals surface area (Å²) >= 11 is 5.12. The van der Waals surface area contributed by atoms with Gasteiger partial charge in [-0.25, -0.2) is 0 Å². The van der Waals surface area contributed by atoms with E-state index in [2.05, 4.69) is 38.2 Å². The number of nitrogens with zero attached hydrogens (tertiary/aromatic N) is 2. The molecule has 1 saturated carbocycles. The van der Waals surface area contributed by atoms with E-state index in [9.17, 15) is 5.11 Å². The highest BCUT2D eigenvalue weighted by molar-refractivity contribution is 9.10.